The summed E-state index contributed by atoms with van der Waals surface area (Å²) in [5.74, 6) is 1.22. The van der Waals surface area contributed by atoms with Crippen LogP contribution >= 0.6 is 11.8 Å². The fourth-order valence-electron chi connectivity index (χ4n) is 4.33. The van der Waals surface area contributed by atoms with Crippen molar-refractivity contribution in [3.05, 3.63) is 53.9 Å². The van der Waals surface area contributed by atoms with Gasteiger partial charge in [0, 0.05) is 5.39 Å². The van der Waals surface area contributed by atoms with E-state index < -0.39 is 0 Å². The molecule has 9 heteroatoms. The van der Waals surface area contributed by atoms with E-state index >= 15 is 0 Å². The van der Waals surface area contributed by atoms with Crippen LogP contribution in [0.25, 0.3) is 10.9 Å². The lowest BCUT2D eigenvalue weighted by Crippen LogP contribution is -2.43. The van der Waals surface area contributed by atoms with Crippen LogP contribution in [0.5, 0.6) is 5.75 Å². The van der Waals surface area contributed by atoms with Crippen LogP contribution in [0.4, 0.5) is 5.82 Å². The van der Waals surface area contributed by atoms with Gasteiger partial charge < -0.3 is 20.1 Å². The van der Waals surface area contributed by atoms with Gasteiger partial charge in [-0.25, -0.2) is 4.98 Å². The summed E-state index contributed by atoms with van der Waals surface area (Å²) in [6.45, 7) is 0.471. The van der Waals surface area contributed by atoms with Gasteiger partial charge in [0.2, 0.25) is 5.91 Å². The van der Waals surface area contributed by atoms with E-state index in [-0.39, 0.29) is 24.0 Å². The first-order chi connectivity index (χ1) is 16.6. The van der Waals surface area contributed by atoms with Gasteiger partial charge in [-0.15, -0.1) is 11.8 Å². The average Bonchev–Trinajstić information content (AvgIpc) is 2.87. The van der Waals surface area contributed by atoms with Gasteiger partial charge in [-0.05, 0) is 55.5 Å². The molecule has 1 fully saturated rings. The second-order valence-corrected chi connectivity index (χ2v) is 9.50. The summed E-state index contributed by atoms with van der Waals surface area (Å²) < 4.78 is 11.4. The Morgan fingerprint density at radius 1 is 1.29 bits per heavy atom. The highest BCUT2D eigenvalue weighted by Gasteiger charge is 2.25. The number of pyridine rings is 2. The molecule has 0 spiro atoms. The highest BCUT2D eigenvalue weighted by molar-refractivity contribution is 8.00. The Morgan fingerprint density at radius 2 is 2.21 bits per heavy atom. The molecule has 1 aromatic carbocycles. The molecule has 1 saturated heterocycles. The van der Waals surface area contributed by atoms with Crippen molar-refractivity contribution in [2.45, 2.75) is 42.7 Å². The molecule has 176 valence electrons. The zero-order chi connectivity index (χ0) is 23.5. The van der Waals surface area contributed by atoms with E-state index in [9.17, 15) is 9.59 Å². The normalized spacial score (nSPS) is 19.9. The molecular formula is C25H26N4O4S. The zero-order valence-corrected chi connectivity index (χ0v) is 19.7. The molecule has 2 amide bonds. The lowest BCUT2D eigenvalue weighted by molar-refractivity contribution is -0.113. The lowest BCUT2D eigenvalue weighted by Gasteiger charge is -2.29. The minimum Gasteiger partial charge on any atom is -0.495 e. The number of fused-ring (bicyclic) bond motifs is 2. The Bertz CT molecular complexity index is 1230. The molecule has 2 aromatic heterocycles. The molecule has 34 heavy (non-hydrogen) atoms. The van der Waals surface area contributed by atoms with Gasteiger partial charge in [-0.3, -0.25) is 14.6 Å². The van der Waals surface area contributed by atoms with Crippen LogP contribution in [0.3, 0.4) is 0 Å². The zero-order valence-electron chi connectivity index (χ0n) is 18.9. The number of ether oxygens (including phenoxy) is 2. The fraction of sp³-hybridized carbons (Fsp3) is 0.360. The molecule has 0 radical (unpaired) electrons. The first-order valence-electron chi connectivity index (χ1n) is 11.4. The highest BCUT2D eigenvalue weighted by atomic mass is 32.2. The number of methoxy groups -OCH3 is 1. The summed E-state index contributed by atoms with van der Waals surface area (Å²) in [4.78, 5) is 34.0. The Labute approximate surface area is 201 Å². The second kappa shape index (κ2) is 9.99. The molecule has 8 nitrogen and oxygen atoms in total. The standard InChI is InChI=1S/C25H26N4O4S/c1-32-18-11-19-15(3-2-4-20(19)26-12-18)5-7-17-8-6-16(13-33-17)27-25(31)21-9-10-22-24(28-21)29-23(30)14-34-22/h2-4,9-12,16-17H,5-8,13-14H2,1H3,(H,27,31)(H,28,29,30)/t16-,17-/m1/s1. The van der Waals surface area contributed by atoms with Crippen molar-refractivity contribution in [2.24, 2.45) is 0 Å². The summed E-state index contributed by atoms with van der Waals surface area (Å²) in [6.07, 6.45) is 5.40. The van der Waals surface area contributed by atoms with E-state index in [0.29, 0.717) is 23.9 Å². The SMILES string of the molecule is COc1cnc2cccc(CC[C@@H]3CC[C@@H](NC(=O)c4ccc5c(n4)NC(=O)CS5)CO3)c2c1. The maximum atomic E-state index is 12.7. The van der Waals surface area contributed by atoms with E-state index in [2.05, 4.69) is 26.7 Å². The van der Waals surface area contributed by atoms with Crippen LogP contribution in [0.15, 0.2) is 47.5 Å². The summed E-state index contributed by atoms with van der Waals surface area (Å²) in [7, 11) is 1.65. The number of anilines is 1. The molecule has 0 bridgehead atoms. The number of aryl methyl sites for hydroxylation is 1. The molecule has 2 aliphatic rings. The van der Waals surface area contributed by atoms with Gasteiger partial charge in [-0.2, -0.15) is 0 Å². The van der Waals surface area contributed by atoms with Crippen molar-refractivity contribution in [1.82, 2.24) is 15.3 Å². The smallest absolute Gasteiger partial charge is 0.270 e. The number of carbonyl (C=O) groups is 2. The summed E-state index contributed by atoms with van der Waals surface area (Å²) in [5.41, 5.74) is 2.48. The quantitative estimate of drug-likeness (QED) is 0.558. The number of aromatic nitrogens is 2. The Hall–Kier alpha value is -3.17. The molecule has 5 rings (SSSR count). The predicted molar refractivity (Wildman–Crippen MR) is 130 cm³/mol. The van der Waals surface area contributed by atoms with E-state index in [1.165, 1.54) is 17.3 Å². The first kappa shape index (κ1) is 22.6. The summed E-state index contributed by atoms with van der Waals surface area (Å²) >= 11 is 1.42. The minimum absolute atomic E-state index is 0.0587. The van der Waals surface area contributed by atoms with Crippen LogP contribution in [-0.2, 0) is 16.0 Å². The second-order valence-electron chi connectivity index (χ2n) is 8.48. The Balaban J connectivity index is 1.14. The van der Waals surface area contributed by atoms with Crippen LogP contribution in [0, 0.1) is 0 Å². The number of hydrogen-bond donors (Lipinski definition) is 2. The molecule has 3 aromatic rings. The van der Waals surface area contributed by atoms with Crippen molar-refractivity contribution < 1.29 is 19.1 Å². The van der Waals surface area contributed by atoms with E-state index in [1.54, 1.807) is 19.4 Å². The maximum Gasteiger partial charge on any atom is 0.270 e. The van der Waals surface area contributed by atoms with Crippen LogP contribution < -0.4 is 15.4 Å². The van der Waals surface area contributed by atoms with Crippen LogP contribution in [0.2, 0.25) is 0 Å². The van der Waals surface area contributed by atoms with Gasteiger partial charge >= 0.3 is 0 Å². The number of amides is 2. The number of benzene rings is 1. The third kappa shape index (κ3) is 5.00. The number of nitrogens with zero attached hydrogens (tertiary/aromatic N) is 2. The predicted octanol–water partition coefficient (Wildman–Crippen LogP) is 3.59. The Kier molecular flexibility index (Phi) is 6.64. The van der Waals surface area contributed by atoms with Crippen molar-refractivity contribution in [3.63, 3.8) is 0 Å². The Morgan fingerprint density at radius 3 is 3.03 bits per heavy atom. The molecule has 2 N–H and O–H groups in total. The van der Waals surface area contributed by atoms with Gasteiger partial charge in [0.25, 0.3) is 5.91 Å². The first-order valence-corrected chi connectivity index (χ1v) is 12.4. The molecule has 2 atom stereocenters. The third-order valence-corrected chi connectivity index (χ3v) is 7.22. The average molecular weight is 479 g/mol. The van der Waals surface area contributed by atoms with E-state index in [0.717, 1.165) is 47.2 Å². The molecule has 0 unspecified atom stereocenters. The highest BCUT2D eigenvalue weighted by Crippen LogP contribution is 2.30. The van der Waals surface area contributed by atoms with Gasteiger partial charge in [0.05, 0.1) is 48.2 Å². The van der Waals surface area contributed by atoms with E-state index in [1.807, 2.05) is 24.3 Å². The van der Waals surface area contributed by atoms with Crippen molar-refractivity contribution >= 4 is 40.3 Å². The van der Waals surface area contributed by atoms with Crippen molar-refractivity contribution in [2.75, 3.05) is 24.8 Å². The van der Waals surface area contributed by atoms with Gasteiger partial charge in [0.1, 0.15) is 17.3 Å². The summed E-state index contributed by atoms with van der Waals surface area (Å²) in [5, 5.41) is 6.85. The van der Waals surface area contributed by atoms with Crippen molar-refractivity contribution in [1.29, 1.82) is 0 Å². The van der Waals surface area contributed by atoms with Crippen molar-refractivity contribution in [3.8, 4) is 5.75 Å². The lowest BCUT2D eigenvalue weighted by atomic mass is 9.97. The fourth-order valence-corrected chi connectivity index (χ4v) is 5.09. The minimum atomic E-state index is -0.253. The van der Waals surface area contributed by atoms with Crippen LogP contribution in [0.1, 0.15) is 35.3 Å². The van der Waals surface area contributed by atoms with Gasteiger partial charge in [-0.1, -0.05) is 12.1 Å². The summed E-state index contributed by atoms with van der Waals surface area (Å²) in [6, 6.07) is 11.7. The monoisotopic (exact) mass is 478 g/mol. The maximum absolute atomic E-state index is 12.7. The molecule has 2 aliphatic heterocycles. The number of thioether (sulfide) groups is 1. The molecule has 0 aliphatic carbocycles. The number of rotatable bonds is 6. The molecular weight excluding hydrogens is 452 g/mol. The van der Waals surface area contributed by atoms with Gasteiger partial charge in [0.15, 0.2) is 0 Å². The number of carbonyl (C=O) groups excluding carboxylic acids is 2. The molecule has 4 heterocycles. The largest absolute Gasteiger partial charge is 0.495 e. The molecule has 0 saturated carbocycles. The van der Waals surface area contributed by atoms with Crippen LogP contribution in [-0.4, -0.2) is 53.4 Å². The van der Waals surface area contributed by atoms with E-state index in [4.69, 9.17) is 9.47 Å². The number of nitrogens with one attached hydrogen (secondary N) is 2. The topological polar surface area (TPSA) is 102 Å². The third-order valence-electron chi connectivity index (χ3n) is 6.18. The number of hydrogen-bond acceptors (Lipinski definition) is 7.